The number of ether oxygens (including phenoxy) is 2. The molecule has 0 aliphatic carbocycles. The third-order valence-electron chi connectivity index (χ3n) is 3.05. The molecule has 0 amide bonds. The van der Waals surface area contributed by atoms with Crippen LogP contribution >= 0.6 is 11.6 Å². The molecule has 1 aromatic carbocycles. The Bertz CT molecular complexity index is 606. The number of halogens is 1. The standard InChI is InChI=1S/C15H17ClN2O2/c1-5-20-13-8-11(6-7-12(13)19-4)15-17-10(3)9(2)14(16)18-15/h6-8H,5H2,1-4H3. The summed E-state index contributed by atoms with van der Waals surface area (Å²) in [7, 11) is 1.61. The Morgan fingerprint density at radius 1 is 1.15 bits per heavy atom. The number of nitrogens with zero attached hydrogens (tertiary/aromatic N) is 2. The molecular weight excluding hydrogens is 276 g/mol. The van der Waals surface area contributed by atoms with E-state index in [-0.39, 0.29) is 0 Å². The van der Waals surface area contributed by atoms with Crippen LogP contribution in [0, 0.1) is 13.8 Å². The minimum absolute atomic E-state index is 0.473. The molecule has 2 aromatic rings. The van der Waals surface area contributed by atoms with Gasteiger partial charge in [0.1, 0.15) is 5.15 Å². The molecule has 5 heteroatoms. The number of hydrogen-bond donors (Lipinski definition) is 0. The summed E-state index contributed by atoms with van der Waals surface area (Å²) < 4.78 is 10.8. The smallest absolute Gasteiger partial charge is 0.161 e. The molecule has 0 saturated carbocycles. The van der Waals surface area contributed by atoms with Gasteiger partial charge in [0, 0.05) is 16.8 Å². The Morgan fingerprint density at radius 3 is 2.50 bits per heavy atom. The van der Waals surface area contributed by atoms with E-state index >= 15 is 0 Å². The van der Waals surface area contributed by atoms with Crippen LogP contribution in [0.4, 0.5) is 0 Å². The van der Waals surface area contributed by atoms with Crippen molar-refractivity contribution in [2.45, 2.75) is 20.8 Å². The van der Waals surface area contributed by atoms with Crippen LogP contribution in [-0.4, -0.2) is 23.7 Å². The molecule has 0 aliphatic rings. The van der Waals surface area contributed by atoms with E-state index in [9.17, 15) is 0 Å². The molecule has 0 radical (unpaired) electrons. The summed E-state index contributed by atoms with van der Waals surface area (Å²) >= 11 is 6.12. The van der Waals surface area contributed by atoms with Crippen LogP contribution in [0.2, 0.25) is 5.15 Å². The van der Waals surface area contributed by atoms with Gasteiger partial charge in [-0.15, -0.1) is 0 Å². The highest BCUT2D eigenvalue weighted by molar-refractivity contribution is 6.30. The Hall–Kier alpha value is -1.81. The quantitative estimate of drug-likeness (QED) is 0.804. The minimum Gasteiger partial charge on any atom is -0.493 e. The Labute approximate surface area is 123 Å². The predicted molar refractivity (Wildman–Crippen MR) is 79.7 cm³/mol. The van der Waals surface area contributed by atoms with Crippen molar-refractivity contribution in [1.82, 2.24) is 9.97 Å². The fourth-order valence-corrected chi connectivity index (χ4v) is 2.02. The Balaban J connectivity index is 2.50. The fraction of sp³-hybridized carbons (Fsp3) is 0.333. The summed E-state index contributed by atoms with van der Waals surface area (Å²) in [5.74, 6) is 1.94. The highest BCUT2D eigenvalue weighted by Gasteiger charge is 2.11. The average Bonchev–Trinajstić information content (AvgIpc) is 2.44. The van der Waals surface area contributed by atoms with Gasteiger partial charge in [0.25, 0.3) is 0 Å². The highest BCUT2D eigenvalue weighted by atomic mass is 35.5. The van der Waals surface area contributed by atoms with E-state index in [1.165, 1.54) is 0 Å². The number of methoxy groups -OCH3 is 1. The molecule has 2 rings (SSSR count). The maximum Gasteiger partial charge on any atom is 0.161 e. The SMILES string of the molecule is CCOc1cc(-c2nc(C)c(C)c(Cl)n2)ccc1OC. The first kappa shape index (κ1) is 14.6. The van der Waals surface area contributed by atoms with E-state index in [4.69, 9.17) is 21.1 Å². The van der Waals surface area contributed by atoms with Gasteiger partial charge < -0.3 is 9.47 Å². The summed E-state index contributed by atoms with van der Waals surface area (Å²) in [4.78, 5) is 8.79. The highest BCUT2D eigenvalue weighted by Crippen LogP contribution is 2.32. The van der Waals surface area contributed by atoms with Gasteiger partial charge in [0.2, 0.25) is 0 Å². The number of aryl methyl sites for hydroxylation is 1. The van der Waals surface area contributed by atoms with Crippen LogP contribution in [0.5, 0.6) is 11.5 Å². The molecule has 0 spiro atoms. The number of aromatic nitrogens is 2. The lowest BCUT2D eigenvalue weighted by atomic mass is 10.1. The molecule has 0 atom stereocenters. The maximum absolute atomic E-state index is 6.12. The molecule has 0 aliphatic heterocycles. The largest absolute Gasteiger partial charge is 0.493 e. The van der Waals surface area contributed by atoms with Gasteiger partial charge in [-0.3, -0.25) is 0 Å². The van der Waals surface area contributed by atoms with Crippen LogP contribution in [0.15, 0.2) is 18.2 Å². The van der Waals surface area contributed by atoms with Crippen molar-refractivity contribution in [3.63, 3.8) is 0 Å². The topological polar surface area (TPSA) is 44.2 Å². The van der Waals surface area contributed by atoms with Crippen LogP contribution in [-0.2, 0) is 0 Å². The zero-order valence-corrected chi connectivity index (χ0v) is 12.8. The summed E-state index contributed by atoms with van der Waals surface area (Å²) in [6.45, 7) is 6.31. The van der Waals surface area contributed by atoms with Crippen molar-refractivity contribution in [3.8, 4) is 22.9 Å². The lowest BCUT2D eigenvalue weighted by Gasteiger charge is -2.11. The summed E-state index contributed by atoms with van der Waals surface area (Å²) in [5.41, 5.74) is 2.61. The molecule has 0 N–H and O–H groups in total. The van der Waals surface area contributed by atoms with Crippen molar-refractivity contribution >= 4 is 11.6 Å². The van der Waals surface area contributed by atoms with Gasteiger partial charge in [0.05, 0.1) is 13.7 Å². The van der Waals surface area contributed by atoms with E-state index in [1.807, 2.05) is 39.0 Å². The van der Waals surface area contributed by atoms with Crippen LogP contribution < -0.4 is 9.47 Å². The first-order valence-corrected chi connectivity index (χ1v) is 6.76. The van der Waals surface area contributed by atoms with Gasteiger partial charge in [0.15, 0.2) is 17.3 Å². The van der Waals surface area contributed by atoms with Crippen molar-refractivity contribution in [2.75, 3.05) is 13.7 Å². The first-order valence-electron chi connectivity index (χ1n) is 6.38. The first-order chi connectivity index (χ1) is 9.56. The summed E-state index contributed by atoms with van der Waals surface area (Å²) in [6, 6.07) is 5.59. The van der Waals surface area contributed by atoms with E-state index in [2.05, 4.69) is 9.97 Å². The second-order valence-corrected chi connectivity index (χ2v) is 4.71. The second kappa shape index (κ2) is 6.09. The molecular formula is C15H17ClN2O2. The minimum atomic E-state index is 0.473. The zero-order valence-electron chi connectivity index (χ0n) is 12.0. The molecule has 0 bridgehead atoms. The van der Waals surface area contributed by atoms with Crippen LogP contribution in [0.25, 0.3) is 11.4 Å². The number of benzene rings is 1. The maximum atomic E-state index is 6.12. The lowest BCUT2D eigenvalue weighted by molar-refractivity contribution is 0.311. The Morgan fingerprint density at radius 2 is 1.90 bits per heavy atom. The van der Waals surface area contributed by atoms with E-state index in [1.54, 1.807) is 7.11 Å². The molecule has 0 unspecified atom stereocenters. The van der Waals surface area contributed by atoms with Gasteiger partial charge in [-0.25, -0.2) is 9.97 Å². The monoisotopic (exact) mass is 292 g/mol. The molecule has 20 heavy (non-hydrogen) atoms. The van der Waals surface area contributed by atoms with Crippen LogP contribution in [0.1, 0.15) is 18.2 Å². The van der Waals surface area contributed by atoms with Crippen molar-refractivity contribution < 1.29 is 9.47 Å². The van der Waals surface area contributed by atoms with Crippen molar-refractivity contribution in [3.05, 3.63) is 34.6 Å². The van der Waals surface area contributed by atoms with Crippen molar-refractivity contribution in [2.24, 2.45) is 0 Å². The van der Waals surface area contributed by atoms with E-state index < -0.39 is 0 Å². The zero-order chi connectivity index (χ0) is 14.7. The van der Waals surface area contributed by atoms with Gasteiger partial charge in [-0.1, -0.05) is 11.6 Å². The average molecular weight is 293 g/mol. The van der Waals surface area contributed by atoms with E-state index in [0.717, 1.165) is 16.8 Å². The lowest BCUT2D eigenvalue weighted by Crippen LogP contribution is -1.99. The van der Waals surface area contributed by atoms with E-state index in [0.29, 0.717) is 29.1 Å². The number of rotatable bonds is 4. The molecule has 0 saturated heterocycles. The Kier molecular flexibility index (Phi) is 4.45. The number of hydrogen-bond acceptors (Lipinski definition) is 4. The van der Waals surface area contributed by atoms with Gasteiger partial charge in [-0.05, 0) is 39.0 Å². The second-order valence-electron chi connectivity index (χ2n) is 4.35. The third kappa shape index (κ3) is 2.85. The molecule has 106 valence electrons. The fourth-order valence-electron chi connectivity index (χ4n) is 1.81. The predicted octanol–water partition coefficient (Wildman–Crippen LogP) is 3.82. The van der Waals surface area contributed by atoms with Gasteiger partial charge in [-0.2, -0.15) is 0 Å². The van der Waals surface area contributed by atoms with Crippen molar-refractivity contribution in [1.29, 1.82) is 0 Å². The van der Waals surface area contributed by atoms with Crippen LogP contribution in [0.3, 0.4) is 0 Å². The third-order valence-corrected chi connectivity index (χ3v) is 3.42. The molecule has 1 heterocycles. The molecule has 1 aromatic heterocycles. The van der Waals surface area contributed by atoms with Gasteiger partial charge >= 0.3 is 0 Å². The summed E-state index contributed by atoms with van der Waals surface area (Å²) in [6.07, 6.45) is 0. The molecule has 4 nitrogen and oxygen atoms in total. The normalized spacial score (nSPS) is 10.4. The molecule has 0 fully saturated rings. The summed E-state index contributed by atoms with van der Waals surface area (Å²) in [5, 5.41) is 0.473.